The zero-order valence-corrected chi connectivity index (χ0v) is 11.2. The molecule has 2 heteroatoms. The molecule has 1 heterocycles. The Hall–Kier alpha value is -0.340. The van der Waals surface area contributed by atoms with Crippen LogP contribution in [0.5, 0.6) is 0 Å². The monoisotopic (exact) mass is 237 g/mol. The molecular weight excluding hydrogens is 210 g/mol. The largest absolute Gasteiger partial charge is 0.371 e. The van der Waals surface area contributed by atoms with E-state index >= 15 is 0 Å². The molecule has 1 saturated heterocycles. The first-order chi connectivity index (χ1) is 8.35. The molecule has 1 N–H and O–H groups in total. The van der Waals surface area contributed by atoms with Crippen LogP contribution in [0.1, 0.15) is 58.3 Å². The lowest BCUT2D eigenvalue weighted by Gasteiger charge is -2.23. The predicted molar refractivity (Wildman–Crippen MR) is 72.2 cm³/mol. The Labute approximate surface area is 106 Å². The Morgan fingerprint density at radius 2 is 2.06 bits per heavy atom. The standard InChI is InChI=1S/C15H27NO/c1-2-16-13-7-3-4-8-14-9-12-15(17-14)10-5-6-11-15/h3-4,14,16H,2,5-13H2,1H3/b4-3+. The molecule has 1 atom stereocenters. The molecule has 98 valence electrons. The van der Waals surface area contributed by atoms with Crippen molar-refractivity contribution in [3.05, 3.63) is 12.2 Å². The highest BCUT2D eigenvalue weighted by atomic mass is 16.5. The van der Waals surface area contributed by atoms with E-state index in [0.717, 1.165) is 25.9 Å². The van der Waals surface area contributed by atoms with E-state index in [9.17, 15) is 0 Å². The van der Waals surface area contributed by atoms with E-state index in [-0.39, 0.29) is 0 Å². The fourth-order valence-electron chi connectivity index (χ4n) is 3.18. The fraction of sp³-hybridized carbons (Fsp3) is 0.867. The first-order valence-corrected chi connectivity index (χ1v) is 7.38. The third kappa shape index (κ3) is 3.82. The molecule has 1 aliphatic carbocycles. The summed E-state index contributed by atoms with van der Waals surface area (Å²) in [6, 6.07) is 0. The van der Waals surface area contributed by atoms with Gasteiger partial charge < -0.3 is 10.1 Å². The van der Waals surface area contributed by atoms with E-state index in [4.69, 9.17) is 4.74 Å². The van der Waals surface area contributed by atoms with Gasteiger partial charge in [0.15, 0.2) is 0 Å². The molecule has 2 rings (SSSR count). The summed E-state index contributed by atoms with van der Waals surface area (Å²) in [5.74, 6) is 0. The third-order valence-electron chi connectivity index (χ3n) is 4.16. The minimum Gasteiger partial charge on any atom is -0.371 e. The first kappa shape index (κ1) is 13.1. The number of ether oxygens (including phenoxy) is 1. The minimum atomic E-state index is 0.308. The van der Waals surface area contributed by atoms with Crippen molar-refractivity contribution in [2.75, 3.05) is 13.1 Å². The van der Waals surface area contributed by atoms with Crippen LogP contribution >= 0.6 is 0 Å². The van der Waals surface area contributed by atoms with Crippen LogP contribution in [0, 0.1) is 0 Å². The van der Waals surface area contributed by atoms with Crippen molar-refractivity contribution in [1.29, 1.82) is 0 Å². The summed E-state index contributed by atoms with van der Waals surface area (Å²) in [4.78, 5) is 0. The molecule has 1 spiro atoms. The van der Waals surface area contributed by atoms with Gasteiger partial charge in [-0.15, -0.1) is 0 Å². The van der Waals surface area contributed by atoms with Gasteiger partial charge in [-0.2, -0.15) is 0 Å². The van der Waals surface area contributed by atoms with E-state index in [0.29, 0.717) is 11.7 Å². The molecule has 0 aromatic carbocycles. The summed E-state index contributed by atoms with van der Waals surface area (Å²) >= 11 is 0. The van der Waals surface area contributed by atoms with Crippen molar-refractivity contribution in [3.8, 4) is 0 Å². The van der Waals surface area contributed by atoms with Crippen molar-refractivity contribution in [1.82, 2.24) is 5.32 Å². The summed E-state index contributed by atoms with van der Waals surface area (Å²) in [7, 11) is 0. The average molecular weight is 237 g/mol. The lowest BCUT2D eigenvalue weighted by molar-refractivity contribution is -0.0345. The van der Waals surface area contributed by atoms with Gasteiger partial charge in [-0.05, 0) is 51.6 Å². The van der Waals surface area contributed by atoms with E-state index < -0.39 is 0 Å². The van der Waals surface area contributed by atoms with E-state index in [2.05, 4.69) is 24.4 Å². The molecule has 0 aromatic heterocycles. The smallest absolute Gasteiger partial charge is 0.0687 e. The normalized spacial score (nSPS) is 27.5. The maximum absolute atomic E-state index is 6.27. The van der Waals surface area contributed by atoms with Crippen molar-refractivity contribution in [2.24, 2.45) is 0 Å². The highest BCUT2D eigenvalue weighted by molar-refractivity contribution is 4.95. The molecule has 1 aliphatic heterocycles. The van der Waals surface area contributed by atoms with Crippen molar-refractivity contribution in [3.63, 3.8) is 0 Å². The fourth-order valence-corrected chi connectivity index (χ4v) is 3.18. The third-order valence-corrected chi connectivity index (χ3v) is 4.16. The van der Waals surface area contributed by atoms with Gasteiger partial charge in [-0.25, -0.2) is 0 Å². The summed E-state index contributed by atoms with van der Waals surface area (Å²) in [6.45, 7) is 4.32. The van der Waals surface area contributed by atoms with Gasteiger partial charge in [-0.3, -0.25) is 0 Å². The quantitative estimate of drug-likeness (QED) is 0.564. The maximum Gasteiger partial charge on any atom is 0.0687 e. The van der Waals surface area contributed by atoms with Crippen LogP contribution < -0.4 is 5.32 Å². The Morgan fingerprint density at radius 3 is 2.82 bits per heavy atom. The highest BCUT2D eigenvalue weighted by Gasteiger charge is 2.41. The van der Waals surface area contributed by atoms with Crippen LogP contribution in [-0.4, -0.2) is 24.8 Å². The minimum absolute atomic E-state index is 0.308. The van der Waals surface area contributed by atoms with Crippen LogP contribution in [0.3, 0.4) is 0 Å². The summed E-state index contributed by atoms with van der Waals surface area (Å²) in [5.41, 5.74) is 0.308. The molecule has 1 saturated carbocycles. The average Bonchev–Trinajstić information content (AvgIpc) is 2.95. The van der Waals surface area contributed by atoms with Crippen LogP contribution in [0.15, 0.2) is 12.2 Å². The molecule has 1 unspecified atom stereocenters. The van der Waals surface area contributed by atoms with Crippen molar-refractivity contribution >= 4 is 0 Å². The summed E-state index contributed by atoms with van der Waals surface area (Å²) in [6.07, 6.45) is 15.3. The second-order valence-electron chi connectivity index (χ2n) is 5.52. The van der Waals surface area contributed by atoms with E-state index in [1.165, 1.54) is 38.5 Å². The van der Waals surface area contributed by atoms with Crippen LogP contribution in [0.25, 0.3) is 0 Å². The van der Waals surface area contributed by atoms with Gasteiger partial charge in [-0.1, -0.05) is 31.9 Å². The predicted octanol–water partition coefficient (Wildman–Crippen LogP) is 3.42. The zero-order chi connectivity index (χ0) is 12.0. The van der Waals surface area contributed by atoms with Gasteiger partial charge in [0.2, 0.25) is 0 Å². The molecule has 17 heavy (non-hydrogen) atoms. The van der Waals surface area contributed by atoms with Crippen LogP contribution in [0.4, 0.5) is 0 Å². The van der Waals surface area contributed by atoms with Gasteiger partial charge in [0.25, 0.3) is 0 Å². The van der Waals surface area contributed by atoms with Gasteiger partial charge in [0, 0.05) is 0 Å². The summed E-state index contributed by atoms with van der Waals surface area (Å²) in [5, 5.41) is 3.33. The molecule has 0 aromatic rings. The second kappa shape index (κ2) is 6.55. The van der Waals surface area contributed by atoms with Crippen LogP contribution in [0.2, 0.25) is 0 Å². The Bertz CT molecular complexity index is 243. The topological polar surface area (TPSA) is 21.3 Å². The van der Waals surface area contributed by atoms with Crippen LogP contribution in [-0.2, 0) is 4.74 Å². The number of hydrogen-bond acceptors (Lipinski definition) is 2. The number of hydrogen-bond donors (Lipinski definition) is 1. The maximum atomic E-state index is 6.27. The SMILES string of the molecule is CCNCC/C=C/CC1CCC2(CCCC2)O1. The lowest BCUT2D eigenvalue weighted by atomic mass is 9.98. The van der Waals surface area contributed by atoms with Gasteiger partial charge in [0.1, 0.15) is 0 Å². The van der Waals surface area contributed by atoms with Crippen molar-refractivity contribution < 1.29 is 4.74 Å². The molecule has 0 bridgehead atoms. The highest BCUT2D eigenvalue weighted by Crippen LogP contribution is 2.43. The van der Waals surface area contributed by atoms with Gasteiger partial charge >= 0.3 is 0 Å². The van der Waals surface area contributed by atoms with E-state index in [1.807, 2.05) is 0 Å². The number of nitrogens with one attached hydrogen (secondary N) is 1. The van der Waals surface area contributed by atoms with E-state index in [1.54, 1.807) is 0 Å². The Balaban J connectivity index is 1.61. The summed E-state index contributed by atoms with van der Waals surface area (Å²) < 4.78 is 6.27. The lowest BCUT2D eigenvalue weighted by Crippen LogP contribution is -2.24. The Morgan fingerprint density at radius 1 is 1.24 bits per heavy atom. The first-order valence-electron chi connectivity index (χ1n) is 7.38. The second-order valence-corrected chi connectivity index (χ2v) is 5.52. The molecular formula is C15H27NO. The zero-order valence-electron chi connectivity index (χ0n) is 11.2. The molecule has 2 nitrogen and oxygen atoms in total. The molecule has 0 amide bonds. The molecule has 2 aliphatic rings. The molecule has 0 radical (unpaired) electrons. The van der Waals surface area contributed by atoms with Gasteiger partial charge in [0.05, 0.1) is 11.7 Å². The Kier molecular flexibility index (Phi) is 5.05. The number of rotatable bonds is 6. The molecule has 2 fully saturated rings. The van der Waals surface area contributed by atoms with Crippen molar-refractivity contribution in [2.45, 2.75) is 70.0 Å².